The molecule has 0 bridgehead atoms. The van der Waals surface area contributed by atoms with Crippen LogP contribution in [-0.2, 0) is 0 Å². The van der Waals surface area contributed by atoms with E-state index >= 15 is 0 Å². The molecular formula is C24H24N5O. The summed E-state index contributed by atoms with van der Waals surface area (Å²) >= 11 is 0. The Bertz CT molecular complexity index is 1180. The molecule has 1 fully saturated rings. The highest BCUT2D eigenvalue weighted by Gasteiger charge is 2.34. The number of hydrogen-bond donors (Lipinski definition) is 2. The van der Waals surface area contributed by atoms with Crippen LogP contribution >= 0.6 is 0 Å². The molecule has 2 N–H and O–H groups in total. The summed E-state index contributed by atoms with van der Waals surface area (Å²) in [6.07, 6.45) is 5.90. The van der Waals surface area contributed by atoms with Gasteiger partial charge in [0.1, 0.15) is 11.6 Å². The summed E-state index contributed by atoms with van der Waals surface area (Å²) in [4.78, 5) is 15.1. The fraction of sp³-hybridized carbons (Fsp3) is 0.250. The quantitative estimate of drug-likeness (QED) is 0.649. The normalized spacial score (nSPS) is 21.1. The molecule has 2 atom stereocenters. The van der Waals surface area contributed by atoms with Crippen molar-refractivity contribution in [1.82, 2.24) is 20.2 Å². The number of aromatic nitrogens is 2. The Hall–Kier alpha value is -3.54. The number of hydrogen-bond acceptors (Lipinski definition) is 5. The minimum atomic E-state index is -0.0353. The minimum Gasteiger partial charge on any atom is -0.497 e. The lowest BCUT2D eigenvalue weighted by Crippen LogP contribution is -2.43. The third-order valence-corrected chi connectivity index (χ3v) is 5.63. The maximum absolute atomic E-state index is 5.33. The lowest BCUT2D eigenvalue weighted by atomic mass is 10.0. The van der Waals surface area contributed by atoms with Crippen molar-refractivity contribution in [2.45, 2.75) is 25.4 Å². The predicted molar refractivity (Wildman–Crippen MR) is 118 cm³/mol. The van der Waals surface area contributed by atoms with Gasteiger partial charge in [0, 0.05) is 24.9 Å². The summed E-state index contributed by atoms with van der Waals surface area (Å²) < 4.78 is 5.33. The molecule has 1 radical (unpaired) electrons. The zero-order valence-corrected chi connectivity index (χ0v) is 17.1. The van der Waals surface area contributed by atoms with Gasteiger partial charge in [-0.3, -0.25) is 0 Å². The van der Waals surface area contributed by atoms with Gasteiger partial charge in [0.05, 0.1) is 30.2 Å². The fourth-order valence-electron chi connectivity index (χ4n) is 4.12. The third-order valence-electron chi connectivity index (χ3n) is 5.63. The Morgan fingerprint density at radius 2 is 2.13 bits per heavy atom. The molecule has 0 amide bonds. The van der Waals surface area contributed by atoms with Crippen molar-refractivity contribution in [2.75, 3.05) is 13.7 Å². The average molecular weight is 398 g/mol. The number of aryl methyl sites for hydroxylation is 1. The first-order valence-electron chi connectivity index (χ1n) is 10.1. The first kappa shape index (κ1) is 18.5. The van der Waals surface area contributed by atoms with E-state index < -0.39 is 0 Å². The number of benzene rings is 2. The monoisotopic (exact) mass is 398 g/mol. The number of nitrogens with one attached hydrogen (secondary N) is 2. The smallest absolute Gasteiger partial charge is 0.200 e. The summed E-state index contributed by atoms with van der Waals surface area (Å²) in [7, 11) is 1.67. The number of imidazole rings is 1. The number of guanidine groups is 1. The molecule has 1 saturated heterocycles. The zero-order chi connectivity index (χ0) is 20.7. The first-order valence-corrected chi connectivity index (χ1v) is 10.1. The Labute approximate surface area is 176 Å². The molecule has 30 heavy (non-hydrogen) atoms. The van der Waals surface area contributed by atoms with Crippen LogP contribution in [0.4, 0.5) is 0 Å². The molecule has 2 aliphatic heterocycles. The second-order valence-corrected chi connectivity index (χ2v) is 7.84. The van der Waals surface area contributed by atoms with Crippen LogP contribution < -0.4 is 10.1 Å². The van der Waals surface area contributed by atoms with Gasteiger partial charge in [0.25, 0.3) is 0 Å². The van der Waals surface area contributed by atoms with Crippen LogP contribution in [0, 0.1) is 13.0 Å². The van der Waals surface area contributed by atoms with Gasteiger partial charge in [-0.25, -0.2) is 9.98 Å². The predicted octanol–water partition coefficient (Wildman–Crippen LogP) is 4.20. The van der Waals surface area contributed by atoms with Crippen LogP contribution in [0.25, 0.3) is 11.0 Å². The molecule has 6 heteroatoms. The summed E-state index contributed by atoms with van der Waals surface area (Å²) in [6.45, 7) is 7.07. The molecule has 2 aliphatic rings. The van der Waals surface area contributed by atoms with E-state index in [9.17, 15) is 0 Å². The minimum absolute atomic E-state index is 0.0353. The van der Waals surface area contributed by atoms with Gasteiger partial charge in [-0.2, -0.15) is 0 Å². The molecule has 0 spiro atoms. The molecule has 5 rings (SSSR count). The molecule has 1 aromatic heterocycles. The number of likely N-dealkylation sites (tertiary alicyclic amines) is 1. The van der Waals surface area contributed by atoms with Crippen molar-refractivity contribution in [3.05, 3.63) is 83.8 Å². The van der Waals surface area contributed by atoms with Crippen LogP contribution in [0.3, 0.4) is 0 Å². The molecule has 2 aromatic carbocycles. The van der Waals surface area contributed by atoms with Crippen LogP contribution in [0.2, 0.25) is 0 Å². The number of H-pyrrole nitrogens is 1. The Balaban J connectivity index is 1.44. The molecule has 0 aliphatic carbocycles. The number of fused-ring (bicyclic) bond motifs is 1. The maximum atomic E-state index is 5.33. The first-order chi connectivity index (χ1) is 14.6. The largest absolute Gasteiger partial charge is 0.497 e. The van der Waals surface area contributed by atoms with E-state index in [-0.39, 0.29) is 12.1 Å². The second-order valence-electron chi connectivity index (χ2n) is 7.84. The maximum Gasteiger partial charge on any atom is 0.200 e. The highest BCUT2D eigenvalue weighted by atomic mass is 16.5. The van der Waals surface area contributed by atoms with Gasteiger partial charge < -0.3 is 19.9 Å². The van der Waals surface area contributed by atoms with Crippen molar-refractivity contribution in [3.63, 3.8) is 0 Å². The van der Waals surface area contributed by atoms with E-state index in [0.29, 0.717) is 0 Å². The SMILES string of the molecule is C=C1C[C@@H](c2nc3cc(OC)ccc3[nH]2)N(C2=NC=[C]C(c3cccc(C)c3)N2)C1. The van der Waals surface area contributed by atoms with Gasteiger partial charge in [-0.15, -0.1) is 0 Å². The average Bonchev–Trinajstić information content (AvgIpc) is 3.36. The molecule has 3 heterocycles. The van der Waals surface area contributed by atoms with Gasteiger partial charge in [0.2, 0.25) is 0 Å². The molecule has 1 unspecified atom stereocenters. The van der Waals surface area contributed by atoms with E-state index in [1.54, 1.807) is 13.3 Å². The zero-order valence-electron chi connectivity index (χ0n) is 17.1. The van der Waals surface area contributed by atoms with E-state index in [0.717, 1.165) is 47.1 Å². The van der Waals surface area contributed by atoms with E-state index in [2.05, 4.69) is 64.0 Å². The molecule has 151 valence electrons. The lowest BCUT2D eigenvalue weighted by molar-refractivity contribution is 0.369. The van der Waals surface area contributed by atoms with Crippen molar-refractivity contribution >= 4 is 17.0 Å². The van der Waals surface area contributed by atoms with Crippen LogP contribution in [0.5, 0.6) is 5.75 Å². The van der Waals surface area contributed by atoms with Crippen LogP contribution in [-0.4, -0.2) is 34.5 Å². The van der Waals surface area contributed by atoms with Crippen LogP contribution in [0.1, 0.15) is 35.5 Å². The number of nitrogens with zero attached hydrogens (tertiary/aromatic N) is 3. The van der Waals surface area contributed by atoms with Crippen molar-refractivity contribution in [2.24, 2.45) is 4.99 Å². The van der Waals surface area contributed by atoms with Crippen molar-refractivity contribution in [1.29, 1.82) is 0 Å². The Morgan fingerprint density at radius 1 is 1.23 bits per heavy atom. The van der Waals surface area contributed by atoms with Crippen molar-refractivity contribution < 1.29 is 4.74 Å². The topological polar surface area (TPSA) is 65.5 Å². The molecule has 6 nitrogen and oxygen atoms in total. The number of methoxy groups -OCH3 is 1. The third kappa shape index (κ3) is 3.34. The fourth-order valence-corrected chi connectivity index (χ4v) is 4.12. The number of ether oxygens (including phenoxy) is 1. The van der Waals surface area contributed by atoms with Crippen molar-refractivity contribution in [3.8, 4) is 5.75 Å². The van der Waals surface area contributed by atoms with Crippen LogP contribution in [0.15, 0.2) is 65.8 Å². The second kappa shape index (κ2) is 7.37. The van der Waals surface area contributed by atoms with E-state index in [1.165, 1.54) is 11.1 Å². The molecule has 3 aromatic rings. The van der Waals surface area contributed by atoms with E-state index in [4.69, 9.17) is 9.72 Å². The van der Waals surface area contributed by atoms with Gasteiger partial charge in [-0.1, -0.05) is 42.0 Å². The lowest BCUT2D eigenvalue weighted by Gasteiger charge is -2.30. The highest BCUT2D eigenvalue weighted by molar-refractivity contribution is 5.83. The Kier molecular flexibility index (Phi) is 4.54. The molecular weight excluding hydrogens is 374 g/mol. The highest BCUT2D eigenvalue weighted by Crippen LogP contribution is 2.35. The van der Waals surface area contributed by atoms with Gasteiger partial charge >= 0.3 is 0 Å². The summed E-state index contributed by atoms with van der Waals surface area (Å²) in [5, 5.41) is 3.54. The van der Waals surface area contributed by atoms with E-state index in [1.807, 2.05) is 18.2 Å². The molecule has 0 saturated carbocycles. The number of aromatic amines is 1. The van der Waals surface area contributed by atoms with Gasteiger partial charge in [-0.05, 0) is 31.0 Å². The Morgan fingerprint density at radius 3 is 2.97 bits per heavy atom. The summed E-state index contributed by atoms with van der Waals surface area (Å²) in [5.74, 6) is 2.53. The summed E-state index contributed by atoms with van der Waals surface area (Å²) in [6, 6.07) is 14.4. The standard InChI is InChI=1S/C24H24N5O/c1-15-5-4-6-17(11-15)19-9-10-25-24(28-19)29-14-16(2)12-22(29)23-26-20-8-7-18(30-3)13-21(20)27-23/h4-8,10-11,13,19,22H,2,12,14H2,1,3H3,(H,25,28)(H,26,27)/t19?,22-/m0/s1. The number of aliphatic imine (C=N–C) groups is 1. The van der Waals surface area contributed by atoms with Gasteiger partial charge in [0.15, 0.2) is 5.96 Å². The number of rotatable bonds is 3. The summed E-state index contributed by atoms with van der Waals surface area (Å²) in [5.41, 5.74) is 5.45.